The van der Waals surface area contributed by atoms with E-state index in [0.29, 0.717) is 35.0 Å². The molecule has 1 saturated carbocycles. The number of carbonyl (C=O) groups is 1. The van der Waals surface area contributed by atoms with Gasteiger partial charge in [0, 0.05) is 18.0 Å². The quantitative estimate of drug-likeness (QED) is 0.372. The number of fused-ring (bicyclic) bond motifs is 1. The standard InChI is InChI=1S/C23H21F6N3O2/c24-14-3-1-12(2-4-14)20-19(16-7-15(25)8-17(26)21(16)32-20)13-5-11(6-13)9-30-22(34)31-10-18(33)23(27,28)29/h1-4,7-8,11,13,18,32-33H,5-6,9-10H2,(H2,30,31,34)/t11-,13-,18-/m1/s1. The first kappa shape index (κ1) is 23.9. The van der Waals surface area contributed by atoms with Crippen LogP contribution in [0.4, 0.5) is 31.1 Å². The van der Waals surface area contributed by atoms with E-state index in [1.54, 1.807) is 0 Å². The van der Waals surface area contributed by atoms with Crippen molar-refractivity contribution in [1.29, 1.82) is 0 Å². The summed E-state index contributed by atoms with van der Waals surface area (Å²) in [4.78, 5) is 14.7. The van der Waals surface area contributed by atoms with Crippen LogP contribution in [0.1, 0.15) is 24.3 Å². The molecule has 34 heavy (non-hydrogen) atoms. The second-order valence-corrected chi connectivity index (χ2v) is 8.41. The normalized spacial score (nSPS) is 19.0. The van der Waals surface area contributed by atoms with Gasteiger partial charge < -0.3 is 20.7 Å². The van der Waals surface area contributed by atoms with Crippen LogP contribution >= 0.6 is 0 Å². The first-order valence-electron chi connectivity index (χ1n) is 10.6. The molecule has 11 heteroatoms. The Morgan fingerprint density at radius 1 is 1.06 bits per heavy atom. The molecule has 182 valence electrons. The number of H-pyrrole nitrogens is 1. The summed E-state index contributed by atoms with van der Waals surface area (Å²) < 4.78 is 78.7. The molecule has 1 aliphatic rings. The lowest BCUT2D eigenvalue weighted by molar-refractivity contribution is -0.201. The van der Waals surface area contributed by atoms with Gasteiger partial charge in [0.2, 0.25) is 0 Å². The summed E-state index contributed by atoms with van der Waals surface area (Å²) in [7, 11) is 0. The number of aromatic nitrogens is 1. The minimum atomic E-state index is -4.82. The Labute approximate surface area is 190 Å². The van der Waals surface area contributed by atoms with Crippen LogP contribution in [0.25, 0.3) is 22.2 Å². The van der Waals surface area contributed by atoms with Gasteiger partial charge >= 0.3 is 12.2 Å². The van der Waals surface area contributed by atoms with E-state index in [1.807, 2.05) is 5.32 Å². The Hall–Kier alpha value is -3.21. The fraction of sp³-hybridized carbons (Fsp3) is 0.348. The minimum Gasteiger partial charge on any atom is -0.382 e. The van der Waals surface area contributed by atoms with Crippen molar-refractivity contribution in [1.82, 2.24) is 15.6 Å². The zero-order valence-electron chi connectivity index (χ0n) is 17.6. The summed E-state index contributed by atoms with van der Waals surface area (Å²) in [6, 6.07) is 6.79. The van der Waals surface area contributed by atoms with E-state index >= 15 is 0 Å². The molecule has 1 fully saturated rings. The van der Waals surface area contributed by atoms with Gasteiger partial charge in [0.25, 0.3) is 0 Å². The number of carbonyl (C=O) groups excluding carboxylic acids is 1. The zero-order chi connectivity index (χ0) is 24.6. The topological polar surface area (TPSA) is 77.2 Å². The number of hydrogen-bond acceptors (Lipinski definition) is 2. The van der Waals surface area contributed by atoms with Crippen LogP contribution in [-0.2, 0) is 0 Å². The predicted octanol–water partition coefficient (Wildman–Crippen LogP) is 4.97. The van der Waals surface area contributed by atoms with Crippen molar-refractivity contribution in [3.8, 4) is 11.3 Å². The van der Waals surface area contributed by atoms with Gasteiger partial charge in [-0.3, -0.25) is 0 Å². The van der Waals surface area contributed by atoms with E-state index in [9.17, 15) is 31.1 Å². The third kappa shape index (κ3) is 4.98. The maximum Gasteiger partial charge on any atom is 0.416 e. The average molecular weight is 485 g/mol. The molecule has 0 spiro atoms. The molecular formula is C23H21F6N3O2. The number of nitrogens with one attached hydrogen (secondary N) is 3. The molecule has 1 aliphatic carbocycles. The Balaban J connectivity index is 1.45. The Morgan fingerprint density at radius 2 is 1.74 bits per heavy atom. The number of benzene rings is 2. The summed E-state index contributed by atoms with van der Waals surface area (Å²) in [5, 5.41) is 13.7. The number of hydrogen-bond donors (Lipinski definition) is 4. The second kappa shape index (κ2) is 9.21. The fourth-order valence-corrected chi connectivity index (χ4v) is 4.25. The summed E-state index contributed by atoms with van der Waals surface area (Å²) in [6.45, 7) is -0.780. The van der Waals surface area contributed by atoms with Gasteiger partial charge in [0.15, 0.2) is 6.10 Å². The first-order valence-corrected chi connectivity index (χ1v) is 10.6. The molecule has 0 aliphatic heterocycles. The molecule has 1 atom stereocenters. The number of aliphatic hydroxyl groups is 1. The number of amides is 2. The molecule has 2 amide bonds. The smallest absolute Gasteiger partial charge is 0.382 e. The van der Waals surface area contributed by atoms with Crippen LogP contribution in [-0.4, -0.2) is 41.5 Å². The lowest BCUT2D eigenvalue weighted by Crippen LogP contribution is -2.46. The van der Waals surface area contributed by atoms with Crippen LogP contribution < -0.4 is 10.6 Å². The maximum absolute atomic E-state index is 14.4. The van der Waals surface area contributed by atoms with Crippen molar-refractivity contribution in [2.45, 2.75) is 31.0 Å². The number of alkyl halides is 3. The van der Waals surface area contributed by atoms with E-state index in [0.717, 1.165) is 6.07 Å². The zero-order valence-corrected chi connectivity index (χ0v) is 17.6. The van der Waals surface area contributed by atoms with Crippen LogP contribution in [0.3, 0.4) is 0 Å². The van der Waals surface area contributed by atoms with E-state index in [2.05, 4.69) is 10.3 Å². The third-order valence-electron chi connectivity index (χ3n) is 6.03. The molecule has 3 aromatic rings. The van der Waals surface area contributed by atoms with Crippen molar-refractivity contribution < 1.29 is 36.2 Å². The molecule has 1 heterocycles. The molecule has 0 radical (unpaired) electrons. The van der Waals surface area contributed by atoms with Gasteiger partial charge in [0.05, 0.1) is 17.8 Å². The summed E-state index contributed by atoms with van der Waals surface area (Å²) in [6.07, 6.45) is -6.36. The molecular weight excluding hydrogens is 464 g/mol. The monoisotopic (exact) mass is 485 g/mol. The number of aromatic amines is 1. The largest absolute Gasteiger partial charge is 0.416 e. The highest BCUT2D eigenvalue weighted by atomic mass is 19.4. The minimum absolute atomic E-state index is 0.00675. The van der Waals surface area contributed by atoms with Crippen molar-refractivity contribution >= 4 is 16.9 Å². The summed E-state index contributed by atoms with van der Waals surface area (Å²) in [5.41, 5.74) is 1.99. The summed E-state index contributed by atoms with van der Waals surface area (Å²) >= 11 is 0. The van der Waals surface area contributed by atoms with Crippen molar-refractivity contribution in [3.05, 3.63) is 59.4 Å². The Kier molecular flexibility index (Phi) is 6.48. The second-order valence-electron chi connectivity index (χ2n) is 8.41. The van der Waals surface area contributed by atoms with Crippen molar-refractivity contribution in [3.63, 3.8) is 0 Å². The van der Waals surface area contributed by atoms with Gasteiger partial charge in [-0.2, -0.15) is 13.2 Å². The summed E-state index contributed by atoms with van der Waals surface area (Å²) in [5.74, 6) is -2.02. The number of halogens is 6. The Morgan fingerprint density at radius 3 is 2.38 bits per heavy atom. The van der Waals surface area contributed by atoms with Crippen molar-refractivity contribution in [2.75, 3.05) is 13.1 Å². The van der Waals surface area contributed by atoms with Crippen molar-refractivity contribution in [2.24, 2.45) is 5.92 Å². The highest BCUT2D eigenvalue weighted by Crippen LogP contribution is 2.48. The molecule has 0 saturated heterocycles. The first-order chi connectivity index (χ1) is 16.0. The van der Waals surface area contributed by atoms with Gasteiger partial charge in [0.1, 0.15) is 17.5 Å². The van der Waals surface area contributed by atoms with E-state index in [1.165, 1.54) is 30.3 Å². The van der Waals surface area contributed by atoms with Crippen LogP contribution in [0.15, 0.2) is 36.4 Å². The lowest BCUT2D eigenvalue weighted by atomic mass is 9.70. The fourth-order valence-electron chi connectivity index (χ4n) is 4.25. The van der Waals surface area contributed by atoms with Crippen LogP contribution in [0, 0.1) is 23.4 Å². The number of urea groups is 1. The molecule has 4 N–H and O–H groups in total. The third-order valence-corrected chi connectivity index (χ3v) is 6.03. The molecule has 1 aromatic heterocycles. The number of rotatable bonds is 6. The highest BCUT2D eigenvalue weighted by molar-refractivity contribution is 5.92. The molecule has 0 unspecified atom stereocenters. The van der Waals surface area contributed by atoms with Gasteiger partial charge in [-0.05, 0) is 66.1 Å². The van der Waals surface area contributed by atoms with Gasteiger partial charge in [-0.25, -0.2) is 18.0 Å². The lowest BCUT2D eigenvalue weighted by Gasteiger charge is -2.36. The average Bonchev–Trinajstić information content (AvgIpc) is 3.10. The SMILES string of the molecule is O=C(NC[C@@H](O)C(F)(F)F)NC[C@H]1C[C@H](c2c(-c3ccc(F)cc3)[nH]c3c(F)cc(F)cc32)C1. The predicted molar refractivity (Wildman–Crippen MR) is 113 cm³/mol. The molecule has 4 rings (SSSR count). The Bertz CT molecular complexity index is 1190. The maximum atomic E-state index is 14.4. The van der Waals surface area contributed by atoms with Crippen LogP contribution in [0.2, 0.25) is 0 Å². The molecule has 5 nitrogen and oxygen atoms in total. The van der Waals surface area contributed by atoms with Gasteiger partial charge in [-0.15, -0.1) is 0 Å². The van der Waals surface area contributed by atoms with Crippen LogP contribution in [0.5, 0.6) is 0 Å². The number of aliphatic hydroxyl groups excluding tert-OH is 1. The highest BCUT2D eigenvalue weighted by Gasteiger charge is 2.38. The van der Waals surface area contributed by atoms with E-state index in [4.69, 9.17) is 5.11 Å². The van der Waals surface area contributed by atoms with Gasteiger partial charge in [-0.1, -0.05) is 0 Å². The van der Waals surface area contributed by atoms with E-state index in [-0.39, 0.29) is 23.9 Å². The van der Waals surface area contributed by atoms with E-state index < -0.39 is 42.3 Å². The molecule has 2 aromatic carbocycles. The molecule has 0 bridgehead atoms.